The highest BCUT2D eigenvalue weighted by Crippen LogP contribution is 2.30. The van der Waals surface area contributed by atoms with Gasteiger partial charge in [0.1, 0.15) is 0 Å². The molecule has 0 radical (unpaired) electrons. The van der Waals surface area contributed by atoms with E-state index in [-0.39, 0.29) is 11.4 Å². The summed E-state index contributed by atoms with van der Waals surface area (Å²) in [4.78, 5) is 17.5. The highest BCUT2D eigenvalue weighted by molar-refractivity contribution is 7.89. The van der Waals surface area contributed by atoms with Crippen molar-refractivity contribution >= 4 is 38.9 Å². The fourth-order valence-corrected chi connectivity index (χ4v) is 4.86. The summed E-state index contributed by atoms with van der Waals surface area (Å²) in [6.07, 6.45) is 0. The lowest BCUT2D eigenvalue weighted by molar-refractivity contribution is -0.116. The van der Waals surface area contributed by atoms with E-state index in [2.05, 4.69) is 22.0 Å². The first kappa shape index (κ1) is 23.5. The minimum Gasteiger partial charge on any atom is -0.367 e. The first-order chi connectivity index (χ1) is 14.7. The Morgan fingerprint density at radius 2 is 1.74 bits per heavy atom. The van der Waals surface area contributed by atoms with E-state index in [0.717, 1.165) is 48.3 Å². The standard InChI is InChI=1S/C22H29ClN4O3S/c1-4-26-11-13-27(14-12-26)21-10-7-18(23)15-20(21)24-22(28)16-25(3)31(29,30)19-8-5-17(2)6-9-19/h5-10,15H,4,11-14,16H2,1-3H3,(H,24,28). The molecule has 9 heteroatoms. The van der Waals surface area contributed by atoms with Crippen LogP contribution in [0.1, 0.15) is 12.5 Å². The highest BCUT2D eigenvalue weighted by Gasteiger charge is 2.24. The molecule has 1 saturated heterocycles. The van der Waals surface area contributed by atoms with E-state index in [1.165, 1.54) is 7.05 Å². The molecule has 1 aliphatic heterocycles. The van der Waals surface area contributed by atoms with E-state index in [1.54, 1.807) is 36.4 Å². The van der Waals surface area contributed by atoms with Crippen molar-refractivity contribution in [1.82, 2.24) is 9.21 Å². The Morgan fingerprint density at radius 1 is 1.10 bits per heavy atom. The van der Waals surface area contributed by atoms with Gasteiger partial charge in [-0.25, -0.2) is 8.42 Å². The Balaban J connectivity index is 1.71. The van der Waals surface area contributed by atoms with Gasteiger partial charge in [0.25, 0.3) is 0 Å². The summed E-state index contributed by atoms with van der Waals surface area (Å²) in [5.74, 6) is -0.422. The molecule has 1 aliphatic rings. The van der Waals surface area contributed by atoms with Crippen LogP contribution < -0.4 is 10.2 Å². The summed E-state index contributed by atoms with van der Waals surface area (Å²) >= 11 is 6.17. The minimum absolute atomic E-state index is 0.158. The molecule has 0 atom stereocenters. The van der Waals surface area contributed by atoms with Crippen LogP contribution in [0, 0.1) is 6.92 Å². The average molecular weight is 465 g/mol. The molecule has 1 heterocycles. The Hall–Kier alpha value is -2.13. The van der Waals surface area contributed by atoms with Gasteiger partial charge in [-0.3, -0.25) is 4.79 Å². The molecule has 0 saturated carbocycles. The Bertz CT molecular complexity index is 1020. The quantitative estimate of drug-likeness (QED) is 0.681. The van der Waals surface area contributed by atoms with Crippen LogP contribution in [-0.2, 0) is 14.8 Å². The molecule has 0 aliphatic carbocycles. The molecule has 168 valence electrons. The Kier molecular flexibility index (Phi) is 7.59. The van der Waals surface area contributed by atoms with E-state index in [9.17, 15) is 13.2 Å². The maximum absolute atomic E-state index is 12.8. The fourth-order valence-electron chi connectivity index (χ4n) is 3.56. The summed E-state index contributed by atoms with van der Waals surface area (Å²) in [5.41, 5.74) is 2.44. The molecule has 31 heavy (non-hydrogen) atoms. The van der Waals surface area contributed by atoms with Gasteiger partial charge >= 0.3 is 0 Å². The molecular weight excluding hydrogens is 436 g/mol. The largest absolute Gasteiger partial charge is 0.367 e. The summed E-state index contributed by atoms with van der Waals surface area (Å²) < 4.78 is 26.6. The summed E-state index contributed by atoms with van der Waals surface area (Å²) in [6.45, 7) is 8.34. The zero-order valence-electron chi connectivity index (χ0n) is 18.1. The molecule has 2 aromatic carbocycles. The lowest BCUT2D eigenvalue weighted by Crippen LogP contribution is -2.46. The summed E-state index contributed by atoms with van der Waals surface area (Å²) in [6, 6.07) is 12.0. The van der Waals surface area contributed by atoms with Gasteiger partial charge in [-0.1, -0.05) is 36.2 Å². The van der Waals surface area contributed by atoms with Crippen LogP contribution in [0.15, 0.2) is 47.4 Å². The topological polar surface area (TPSA) is 73.0 Å². The summed E-state index contributed by atoms with van der Waals surface area (Å²) in [7, 11) is -2.36. The van der Waals surface area contributed by atoms with Gasteiger partial charge in [0.2, 0.25) is 15.9 Å². The molecule has 2 aromatic rings. The lowest BCUT2D eigenvalue weighted by Gasteiger charge is -2.36. The van der Waals surface area contributed by atoms with E-state index < -0.39 is 15.9 Å². The van der Waals surface area contributed by atoms with E-state index in [4.69, 9.17) is 11.6 Å². The first-order valence-electron chi connectivity index (χ1n) is 10.3. The number of amides is 1. The number of nitrogens with zero attached hydrogens (tertiary/aromatic N) is 3. The first-order valence-corrected chi connectivity index (χ1v) is 12.1. The molecule has 0 unspecified atom stereocenters. The molecule has 3 rings (SSSR count). The maximum Gasteiger partial charge on any atom is 0.243 e. The molecule has 0 bridgehead atoms. The van der Waals surface area contributed by atoms with Crippen LogP contribution in [-0.4, -0.2) is 69.8 Å². The SMILES string of the molecule is CCN1CCN(c2ccc(Cl)cc2NC(=O)CN(C)S(=O)(=O)c2ccc(C)cc2)CC1. The number of rotatable bonds is 7. The zero-order valence-corrected chi connectivity index (χ0v) is 19.7. The predicted molar refractivity (Wildman–Crippen MR) is 125 cm³/mol. The number of halogens is 1. The lowest BCUT2D eigenvalue weighted by atomic mass is 10.2. The number of nitrogens with one attached hydrogen (secondary N) is 1. The van der Waals surface area contributed by atoms with E-state index in [1.807, 2.05) is 13.0 Å². The zero-order chi connectivity index (χ0) is 22.6. The molecule has 1 amide bonds. The number of piperazine rings is 1. The smallest absolute Gasteiger partial charge is 0.243 e. The van der Waals surface area contributed by atoms with Crippen molar-refractivity contribution < 1.29 is 13.2 Å². The van der Waals surface area contributed by atoms with E-state index >= 15 is 0 Å². The predicted octanol–water partition coefficient (Wildman–Crippen LogP) is 3.05. The number of aryl methyl sites for hydroxylation is 1. The van der Waals surface area contributed by atoms with Crippen molar-refractivity contribution in [2.24, 2.45) is 0 Å². The van der Waals surface area contributed by atoms with Crippen LogP contribution >= 0.6 is 11.6 Å². The Labute approximate surface area is 189 Å². The molecule has 0 spiro atoms. The molecule has 7 nitrogen and oxygen atoms in total. The third kappa shape index (κ3) is 5.77. The maximum atomic E-state index is 12.8. The molecular formula is C22H29ClN4O3S. The summed E-state index contributed by atoms with van der Waals surface area (Å²) in [5, 5.41) is 3.36. The number of hydrogen-bond donors (Lipinski definition) is 1. The number of carbonyl (C=O) groups excluding carboxylic acids is 1. The van der Waals surface area contributed by atoms with E-state index in [0.29, 0.717) is 10.7 Å². The van der Waals surface area contributed by atoms with Crippen LogP contribution in [0.4, 0.5) is 11.4 Å². The number of sulfonamides is 1. The fraction of sp³-hybridized carbons (Fsp3) is 0.409. The molecule has 1 fully saturated rings. The van der Waals surface area contributed by atoms with Crippen molar-refractivity contribution in [1.29, 1.82) is 0 Å². The molecule has 1 N–H and O–H groups in total. The van der Waals surface area contributed by atoms with Crippen molar-refractivity contribution in [2.45, 2.75) is 18.7 Å². The average Bonchev–Trinajstić information content (AvgIpc) is 2.74. The number of carbonyl (C=O) groups is 1. The van der Waals surface area contributed by atoms with Crippen molar-refractivity contribution in [3.8, 4) is 0 Å². The number of likely N-dealkylation sites (N-methyl/N-ethyl adjacent to an activating group) is 2. The molecule has 0 aromatic heterocycles. The van der Waals surface area contributed by atoms with Gasteiger partial charge in [0, 0.05) is 38.2 Å². The van der Waals surface area contributed by atoms with Crippen molar-refractivity contribution in [3.05, 3.63) is 53.1 Å². The minimum atomic E-state index is -3.76. The number of hydrogen-bond acceptors (Lipinski definition) is 5. The second kappa shape index (κ2) is 9.99. The Morgan fingerprint density at radius 3 is 2.35 bits per heavy atom. The van der Waals surface area contributed by atoms with Gasteiger partial charge in [-0.15, -0.1) is 0 Å². The monoisotopic (exact) mass is 464 g/mol. The van der Waals surface area contributed by atoms with Gasteiger partial charge in [0.05, 0.1) is 22.8 Å². The normalized spacial score (nSPS) is 15.3. The second-order valence-corrected chi connectivity index (χ2v) is 10.2. The van der Waals surface area contributed by atoms with Crippen molar-refractivity contribution in [2.75, 3.05) is 56.5 Å². The van der Waals surface area contributed by atoms with Gasteiger partial charge in [-0.2, -0.15) is 4.31 Å². The van der Waals surface area contributed by atoms with Gasteiger partial charge in [-0.05, 0) is 43.8 Å². The third-order valence-electron chi connectivity index (χ3n) is 5.49. The van der Waals surface area contributed by atoms with Crippen LogP contribution in [0.2, 0.25) is 5.02 Å². The highest BCUT2D eigenvalue weighted by atomic mass is 35.5. The second-order valence-electron chi connectivity index (χ2n) is 7.71. The third-order valence-corrected chi connectivity index (χ3v) is 7.54. The number of benzene rings is 2. The number of anilines is 2. The van der Waals surface area contributed by atoms with Gasteiger partial charge < -0.3 is 15.1 Å². The van der Waals surface area contributed by atoms with Crippen molar-refractivity contribution in [3.63, 3.8) is 0 Å². The van der Waals surface area contributed by atoms with Crippen LogP contribution in [0.5, 0.6) is 0 Å². The van der Waals surface area contributed by atoms with Crippen LogP contribution in [0.3, 0.4) is 0 Å². The van der Waals surface area contributed by atoms with Crippen LogP contribution in [0.25, 0.3) is 0 Å². The van der Waals surface area contributed by atoms with Gasteiger partial charge in [0.15, 0.2) is 0 Å².